The van der Waals surface area contributed by atoms with E-state index in [-0.39, 0.29) is 18.6 Å². The van der Waals surface area contributed by atoms with Crippen LogP contribution in [0.4, 0.5) is 5.69 Å². The van der Waals surface area contributed by atoms with Crippen molar-refractivity contribution in [1.29, 1.82) is 0 Å². The summed E-state index contributed by atoms with van der Waals surface area (Å²) in [5.41, 5.74) is 7.89. The van der Waals surface area contributed by atoms with Crippen LogP contribution in [0.25, 0.3) is 10.1 Å². The van der Waals surface area contributed by atoms with Crippen LogP contribution in [0.2, 0.25) is 0 Å². The van der Waals surface area contributed by atoms with E-state index >= 15 is 0 Å². The van der Waals surface area contributed by atoms with Crippen LogP contribution in [0.1, 0.15) is 35.5 Å². The number of thiophene rings is 1. The van der Waals surface area contributed by atoms with Crippen LogP contribution in [0.5, 0.6) is 0 Å². The Morgan fingerprint density at radius 2 is 2.14 bits per heavy atom. The molecule has 114 valence electrons. The molecule has 0 saturated carbocycles. The standard InChI is InChI=1S/C16H22N2O2S/c1-10(2)18(7-4-8-19)16(20)15-14(17)12-6-5-11(3)9-13(12)21-15/h5-6,9-10,19H,4,7-8,17H2,1-3H3. The lowest BCUT2D eigenvalue weighted by atomic mass is 10.1. The molecule has 0 fully saturated rings. The highest BCUT2D eigenvalue weighted by atomic mass is 32.1. The third kappa shape index (κ3) is 3.19. The number of anilines is 1. The summed E-state index contributed by atoms with van der Waals surface area (Å²) >= 11 is 1.45. The Morgan fingerprint density at radius 1 is 1.43 bits per heavy atom. The molecule has 0 bridgehead atoms. The summed E-state index contributed by atoms with van der Waals surface area (Å²) in [6.07, 6.45) is 0.577. The zero-order chi connectivity index (χ0) is 15.6. The highest BCUT2D eigenvalue weighted by Gasteiger charge is 2.23. The van der Waals surface area contributed by atoms with E-state index in [2.05, 4.69) is 6.07 Å². The SMILES string of the molecule is Cc1ccc2c(N)c(C(=O)N(CCCO)C(C)C)sc2c1. The highest BCUT2D eigenvalue weighted by Crippen LogP contribution is 2.35. The van der Waals surface area contributed by atoms with Gasteiger partial charge >= 0.3 is 0 Å². The maximum absolute atomic E-state index is 12.7. The van der Waals surface area contributed by atoms with Crippen LogP contribution >= 0.6 is 11.3 Å². The maximum atomic E-state index is 12.7. The quantitative estimate of drug-likeness (QED) is 0.892. The van der Waals surface area contributed by atoms with E-state index < -0.39 is 0 Å². The number of nitrogen functional groups attached to an aromatic ring is 1. The number of hydrogen-bond donors (Lipinski definition) is 2. The fraction of sp³-hybridized carbons (Fsp3) is 0.438. The summed E-state index contributed by atoms with van der Waals surface area (Å²) in [5, 5.41) is 9.93. The van der Waals surface area contributed by atoms with Crippen molar-refractivity contribution in [2.75, 3.05) is 18.9 Å². The molecule has 2 rings (SSSR count). The first-order valence-electron chi connectivity index (χ1n) is 7.16. The molecule has 0 radical (unpaired) electrons. The molecular weight excluding hydrogens is 284 g/mol. The van der Waals surface area contributed by atoms with Crippen LogP contribution in [0.3, 0.4) is 0 Å². The van der Waals surface area contributed by atoms with Crippen molar-refractivity contribution < 1.29 is 9.90 Å². The molecule has 0 aliphatic carbocycles. The van der Waals surface area contributed by atoms with E-state index in [0.717, 1.165) is 15.6 Å². The molecule has 0 atom stereocenters. The average molecular weight is 306 g/mol. The second-order valence-electron chi connectivity index (χ2n) is 5.51. The molecule has 5 heteroatoms. The lowest BCUT2D eigenvalue weighted by Gasteiger charge is -2.26. The Labute approximate surface area is 129 Å². The van der Waals surface area contributed by atoms with Gasteiger partial charge in [0.1, 0.15) is 4.88 Å². The van der Waals surface area contributed by atoms with E-state index in [9.17, 15) is 4.79 Å². The highest BCUT2D eigenvalue weighted by molar-refractivity contribution is 7.21. The van der Waals surface area contributed by atoms with Crippen LogP contribution in [0.15, 0.2) is 18.2 Å². The molecule has 21 heavy (non-hydrogen) atoms. The number of carbonyl (C=O) groups is 1. The molecule has 1 amide bonds. The maximum Gasteiger partial charge on any atom is 0.266 e. The van der Waals surface area contributed by atoms with Gasteiger partial charge in [0.15, 0.2) is 0 Å². The largest absolute Gasteiger partial charge is 0.397 e. The summed E-state index contributed by atoms with van der Waals surface area (Å²) in [7, 11) is 0. The number of aliphatic hydroxyl groups is 1. The van der Waals surface area contributed by atoms with Crippen LogP contribution < -0.4 is 5.73 Å². The van der Waals surface area contributed by atoms with Crippen molar-refractivity contribution in [3.63, 3.8) is 0 Å². The van der Waals surface area contributed by atoms with Crippen molar-refractivity contribution in [3.8, 4) is 0 Å². The number of nitrogens with two attached hydrogens (primary N) is 1. The molecular formula is C16H22N2O2S. The van der Waals surface area contributed by atoms with Gasteiger partial charge in [0.25, 0.3) is 5.91 Å². The van der Waals surface area contributed by atoms with Crippen LogP contribution in [0, 0.1) is 6.92 Å². The molecule has 1 aromatic carbocycles. The molecule has 0 spiro atoms. The minimum Gasteiger partial charge on any atom is -0.397 e. The van der Waals surface area contributed by atoms with Crippen molar-refractivity contribution in [3.05, 3.63) is 28.6 Å². The number of rotatable bonds is 5. The first-order valence-corrected chi connectivity index (χ1v) is 7.97. The van der Waals surface area contributed by atoms with Crippen molar-refractivity contribution >= 4 is 33.0 Å². The molecule has 4 nitrogen and oxygen atoms in total. The number of benzene rings is 1. The molecule has 0 saturated heterocycles. The first kappa shape index (κ1) is 15.8. The molecule has 3 N–H and O–H groups in total. The number of nitrogens with zero attached hydrogens (tertiary/aromatic N) is 1. The summed E-state index contributed by atoms with van der Waals surface area (Å²) in [6.45, 7) is 6.60. The molecule has 1 heterocycles. The fourth-order valence-electron chi connectivity index (χ4n) is 2.35. The van der Waals surface area contributed by atoms with Gasteiger partial charge in [-0.1, -0.05) is 12.1 Å². The second-order valence-corrected chi connectivity index (χ2v) is 6.57. The van der Waals surface area contributed by atoms with Gasteiger partial charge in [-0.15, -0.1) is 11.3 Å². The Bertz CT molecular complexity index is 649. The fourth-order valence-corrected chi connectivity index (χ4v) is 3.53. The minimum atomic E-state index is -0.0465. The van der Waals surface area contributed by atoms with E-state index in [1.54, 1.807) is 4.90 Å². The smallest absolute Gasteiger partial charge is 0.266 e. The third-order valence-corrected chi connectivity index (χ3v) is 4.68. The molecule has 0 unspecified atom stereocenters. The van der Waals surface area contributed by atoms with Gasteiger partial charge in [-0.2, -0.15) is 0 Å². The topological polar surface area (TPSA) is 66.6 Å². The van der Waals surface area contributed by atoms with E-state index in [0.29, 0.717) is 23.5 Å². The number of aryl methyl sites for hydroxylation is 1. The van der Waals surface area contributed by atoms with Gasteiger partial charge in [0.2, 0.25) is 0 Å². The lowest BCUT2D eigenvalue weighted by molar-refractivity contribution is 0.0699. The van der Waals surface area contributed by atoms with E-state index in [1.807, 2.05) is 32.9 Å². The number of fused-ring (bicyclic) bond motifs is 1. The molecule has 1 aromatic heterocycles. The van der Waals surface area contributed by atoms with Gasteiger partial charge in [0.05, 0.1) is 5.69 Å². The zero-order valence-electron chi connectivity index (χ0n) is 12.7. The van der Waals surface area contributed by atoms with Gasteiger partial charge in [-0.3, -0.25) is 4.79 Å². The predicted octanol–water partition coefficient (Wildman–Crippen LogP) is 3.02. The lowest BCUT2D eigenvalue weighted by Crippen LogP contribution is -2.37. The van der Waals surface area contributed by atoms with E-state index in [1.165, 1.54) is 11.3 Å². The van der Waals surface area contributed by atoms with Gasteiger partial charge < -0.3 is 15.7 Å². The predicted molar refractivity (Wildman–Crippen MR) is 88.8 cm³/mol. The number of aliphatic hydroxyl groups excluding tert-OH is 1. The molecule has 0 aliphatic heterocycles. The second kappa shape index (κ2) is 6.45. The zero-order valence-corrected chi connectivity index (χ0v) is 13.5. The van der Waals surface area contributed by atoms with E-state index in [4.69, 9.17) is 10.8 Å². The Kier molecular flexibility index (Phi) is 4.85. The van der Waals surface area contributed by atoms with Gasteiger partial charge in [-0.25, -0.2) is 0 Å². The number of amides is 1. The van der Waals surface area contributed by atoms with Crippen LogP contribution in [-0.4, -0.2) is 35.1 Å². The Balaban J connectivity index is 2.39. The Morgan fingerprint density at radius 3 is 2.76 bits per heavy atom. The molecule has 0 aliphatic rings. The normalized spacial score (nSPS) is 11.3. The minimum absolute atomic E-state index is 0.0465. The van der Waals surface area contributed by atoms with Crippen LogP contribution in [-0.2, 0) is 0 Å². The van der Waals surface area contributed by atoms with Crippen molar-refractivity contribution in [1.82, 2.24) is 4.90 Å². The summed E-state index contributed by atoms with van der Waals surface area (Å²) in [6, 6.07) is 6.11. The third-order valence-electron chi connectivity index (χ3n) is 3.52. The number of hydrogen-bond acceptors (Lipinski definition) is 4. The monoisotopic (exact) mass is 306 g/mol. The van der Waals surface area contributed by atoms with Gasteiger partial charge in [0, 0.05) is 29.3 Å². The van der Waals surface area contributed by atoms with Gasteiger partial charge in [-0.05, 0) is 38.8 Å². The number of carbonyl (C=O) groups excluding carboxylic acids is 1. The summed E-state index contributed by atoms with van der Waals surface area (Å²) < 4.78 is 1.04. The average Bonchev–Trinajstić information content (AvgIpc) is 2.75. The van der Waals surface area contributed by atoms with Crippen molar-refractivity contribution in [2.24, 2.45) is 0 Å². The van der Waals surface area contributed by atoms with Crippen molar-refractivity contribution in [2.45, 2.75) is 33.2 Å². The summed E-state index contributed by atoms with van der Waals surface area (Å²) in [5.74, 6) is -0.0465. The Hall–Kier alpha value is -1.59. The first-order chi connectivity index (χ1) is 9.95. The summed E-state index contributed by atoms with van der Waals surface area (Å²) in [4.78, 5) is 15.1. The molecule has 2 aromatic rings.